The number of nitrogens with one attached hydrogen (secondary N) is 1. The van der Waals surface area contributed by atoms with Gasteiger partial charge >= 0.3 is 0 Å². The second-order valence-corrected chi connectivity index (χ2v) is 5.34. The minimum Gasteiger partial charge on any atom is -0.364 e. The van der Waals surface area contributed by atoms with Crippen molar-refractivity contribution in [2.24, 2.45) is 18.7 Å². The molecule has 2 amide bonds. The summed E-state index contributed by atoms with van der Waals surface area (Å²) >= 11 is 0. The zero-order chi connectivity index (χ0) is 14.3. The van der Waals surface area contributed by atoms with Gasteiger partial charge in [-0.3, -0.25) is 9.59 Å². The van der Waals surface area contributed by atoms with Gasteiger partial charge in [0.1, 0.15) is 5.69 Å². The molecule has 1 aliphatic rings. The predicted octanol–water partition coefficient (Wildman–Crippen LogP) is 2.02. The molecule has 2 aromatic rings. The number of benzene rings is 1. The minimum absolute atomic E-state index is 0.0849. The third-order valence-electron chi connectivity index (χ3n) is 4.04. The quantitative estimate of drug-likeness (QED) is 0.895. The van der Waals surface area contributed by atoms with Crippen molar-refractivity contribution in [1.29, 1.82) is 0 Å². The fourth-order valence-corrected chi connectivity index (χ4v) is 2.58. The second-order valence-electron chi connectivity index (χ2n) is 5.34. The van der Waals surface area contributed by atoms with Gasteiger partial charge in [-0.05, 0) is 37.1 Å². The lowest BCUT2D eigenvalue weighted by Gasteiger charge is -2.24. The Labute approximate surface area is 116 Å². The smallest absolute Gasteiger partial charge is 0.265 e. The van der Waals surface area contributed by atoms with Crippen molar-refractivity contribution >= 4 is 28.4 Å². The highest BCUT2D eigenvalue weighted by atomic mass is 16.2. The fraction of sp³-hybridized carbons (Fsp3) is 0.333. The van der Waals surface area contributed by atoms with Gasteiger partial charge in [0.25, 0.3) is 5.91 Å². The summed E-state index contributed by atoms with van der Waals surface area (Å²) in [4.78, 5) is 23.2. The maximum Gasteiger partial charge on any atom is 0.265 e. The zero-order valence-electron chi connectivity index (χ0n) is 11.3. The van der Waals surface area contributed by atoms with E-state index in [4.69, 9.17) is 5.73 Å². The zero-order valence-corrected chi connectivity index (χ0v) is 11.3. The average Bonchev–Trinajstić information content (AvgIpc) is 2.64. The Bertz CT molecular complexity index is 698. The summed E-state index contributed by atoms with van der Waals surface area (Å²) in [7, 11) is 1.80. The second kappa shape index (κ2) is 4.67. The van der Waals surface area contributed by atoms with Crippen LogP contribution in [0.5, 0.6) is 0 Å². The number of fused-ring (bicyclic) bond motifs is 1. The number of hydrogen-bond donors (Lipinski definition) is 2. The molecular weight excluding hydrogens is 254 g/mol. The number of anilines is 1. The highest BCUT2D eigenvalue weighted by Gasteiger charge is 2.25. The Morgan fingerprint density at radius 3 is 2.65 bits per heavy atom. The summed E-state index contributed by atoms with van der Waals surface area (Å²) in [5.41, 5.74) is 7.47. The molecule has 1 aromatic carbocycles. The number of carbonyl (C=O) groups is 2. The summed E-state index contributed by atoms with van der Waals surface area (Å²) in [5, 5.41) is 3.83. The molecule has 1 saturated carbocycles. The fourth-order valence-electron chi connectivity index (χ4n) is 2.58. The molecule has 0 atom stereocenters. The normalized spacial score (nSPS) is 15.1. The molecule has 0 radical (unpaired) electrons. The first-order valence-electron chi connectivity index (χ1n) is 6.76. The summed E-state index contributed by atoms with van der Waals surface area (Å²) in [6, 6.07) is 7.36. The molecule has 1 heterocycles. The molecule has 0 aliphatic heterocycles. The van der Waals surface area contributed by atoms with Gasteiger partial charge in [-0.1, -0.05) is 6.42 Å². The van der Waals surface area contributed by atoms with E-state index in [2.05, 4.69) is 5.32 Å². The summed E-state index contributed by atoms with van der Waals surface area (Å²) in [5.74, 6) is -0.215. The van der Waals surface area contributed by atoms with Crippen LogP contribution in [0.2, 0.25) is 0 Å². The standard InChI is InChI=1S/C15H17N3O2/c1-18-12-6-5-11(17-15(20)9-3-2-4-9)7-10(12)8-13(18)14(16)19/h5-9H,2-4H2,1H3,(H2,16,19)(H,17,20). The van der Waals surface area contributed by atoms with E-state index in [1.54, 1.807) is 17.7 Å². The lowest BCUT2D eigenvalue weighted by molar-refractivity contribution is -0.122. The maximum atomic E-state index is 11.9. The number of amides is 2. The van der Waals surface area contributed by atoms with Crippen LogP contribution >= 0.6 is 0 Å². The van der Waals surface area contributed by atoms with Gasteiger partial charge < -0.3 is 15.6 Å². The molecule has 0 unspecified atom stereocenters. The van der Waals surface area contributed by atoms with E-state index >= 15 is 0 Å². The van der Waals surface area contributed by atoms with Gasteiger partial charge in [-0.25, -0.2) is 0 Å². The van der Waals surface area contributed by atoms with Gasteiger partial charge in [0.15, 0.2) is 0 Å². The summed E-state index contributed by atoms with van der Waals surface area (Å²) < 4.78 is 1.76. The van der Waals surface area contributed by atoms with Gasteiger partial charge in [0.2, 0.25) is 5.91 Å². The molecule has 1 aliphatic carbocycles. The first-order chi connectivity index (χ1) is 9.56. The van der Waals surface area contributed by atoms with Crippen molar-refractivity contribution in [3.63, 3.8) is 0 Å². The Morgan fingerprint density at radius 2 is 2.05 bits per heavy atom. The van der Waals surface area contributed by atoms with E-state index in [0.29, 0.717) is 5.69 Å². The number of primary amides is 1. The summed E-state index contributed by atoms with van der Waals surface area (Å²) in [6.45, 7) is 0. The van der Waals surface area contributed by atoms with Gasteiger partial charge in [-0.15, -0.1) is 0 Å². The van der Waals surface area contributed by atoms with Crippen molar-refractivity contribution in [3.8, 4) is 0 Å². The van der Waals surface area contributed by atoms with Gasteiger partial charge in [0.05, 0.1) is 0 Å². The molecule has 1 aromatic heterocycles. The van der Waals surface area contributed by atoms with Crippen LogP contribution < -0.4 is 11.1 Å². The van der Waals surface area contributed by atoms with E-state index in [9.17, 15) is 9.59 Å². The van der Waals surface area contributed by atoms with Gasteiger partial charge in [0, 0.05) is 29.6 Å². The molecule has 5 heteroatoms. The average molecular weight is 271 g/mol. The number of rotatable bonds is 3. The Kier molecular flexibility index (Phi) is 2.97. The van der Waals surface area contributed by atoms with Crippen molar-refractivity contribution in [2.45, 2.75) is 19.3 Å². The molecule has 0 spiro atoms. The molecule has 104 valence electrons. The number of nitrogens with zero attached hydrogens (tertiary/aromatic N) is 1. The third-order valence-corrected chi connectivity index (χ3v) is 4.04. The van der Waals surface area contributed by atoms with Crippen molar-refractivity contribution < 1.29 is 9.59 Å². The van der Waals surface area contributed by atoms with Gasteiger partial charge in [-0.2, -0.15) is 0 Å². The van der Waals surface area contributed by atoms with E-state index in [1.165, 1.54) is 0 Å². The van der Waals surface area contributed by atoms with E-state index in [0.717, 1.165) is 35.9 Å². The van der Waals surface area contributed by atoms with Crippen LogP contribution in [0.15, 0.2) is 24.3 Å². The number of aryl methyl sites for hydroxylation is 1. The highest BCUT2D eigenvalue weighted by Crippen LogP contribution is 2.28. The van der Waals surface area contributed by atoms with Crippen molar-refractivity contribution in [2.75, 3.05) is 5.32 Å². The Hall–Kier alpha value is -2.30. The first-order valence-corrected chi connectivity index (χ1v) is 6.76. The van der Waals surface area contributed by atoms with Crippen LogP contribution in [0, 0.1) is 5.92 Å². The van der Waals surface area contributed by atoms with Crippen LogP contribution in [0.1, 0.15) is 29.8 Å². The van der Waals surface area contributed by atoms with E-state index in [-0.39, 0.29) is 11.8 Å². The molecular formula is C15H17N3O2. The van der Waals surface area contributed by atoms with Crippen molar-refractivity contribution in [3.05, 3.63) is 30.0 Å². The lowest BCUT2D eigenvalue weighted by atomic mass is 9.85. The summed E-state index contributed by atoms with van der Waals surface area (Å²) in [6.07, 6.45) is 3.09. The third kappa shape index (κ3) is 2.05. The molecule has 3 N–H and O–H groups in total. The molecule has 3 rings (SSSR count). The van der Waals surface area contributed by atoms with Crippen LogP contribution in [0.4, 0.5) is 5.69 Å². The van der Waals surface area contributed by atoms with Crippen LogP contribution in [0.3, 0.4) is 0 Å². The van der Waals surface area contributed by atoms with Crippen LogP contribution in [-0.2, 0) is 11.8 Å². The monoisotopic (exact) mass is 271 g/mol. The molecule has 20 heavy (non-hydrogen) atoms. The number of aromatic nitrogens is 1. The topological polar surface area (TPSA) is 77.1 Å². The molecule has 1 fully saturated rings. The molecule has 0 saturated heterocycles. The van der Waals surface area contributed by atoms with Crippen LogP contribution in [-0.4, -0.2) is 16.4 Å². The number of carbonyl (C=O) groups excluding carboxylic acids is 2. The van der Waals surface area contributed by atoms with E-state index in [1.807, 2.05) is 18.2 Å². The molecule has 0 bridgehead atoms. The Morgan fingerprint density at radius 1 is 1.30 bits per heavy atom. The largest absolute Gasteiger partial charge is 0.364 e. The minimum atomic E-state index is -0.455. The van der Waals surface area contributed by atoms with Crippen LogP contribution in [0.25, 0.3) is 10.9 Å². The number of nitrogens with two attached hydrogens (primary N) is 1. The lowest BCUT2D eigenvalue weighted by Crippen LogP contribution is -2.27. The first kappa shape index (κ1) is 12.7. The molecule has 5 nitrogen and oxygen atoms in total. The highest BCUT2D eigenvalue weighted by molar-refractivity contribution is 6.00. The maximum absolute atomic E-state index is 11.9. The van der Waals surface area contributed by atoms with E-state index < -0.39 is 5.91 Å². The Balaban J connectivity index is 1.90. The van der Waals surface area contributed by atoms with Crippen molar-refractivity contribution in [1.82, 2.24) is 4.57 Å². The SMILES string of the molecule is Cn1c(C(N)=O)cc2cc(NC(=O)C3CCC3)ccc21. The number of hydrogen-bond acceptors (Lipinski definition) is 2. The predicted molar refractivity (Wildman–Crippen MR) is 77.4 cm³/mol.